The molecular weight excluding hydrogens is 346 g/mol. The van der Waals surface area contributed by atoms with Crippen molar-refractivity contribution in [2.24, 2.45) is 0 Å². The average molecular weight is 369 g/mol. The first-order valence-electron chi connectivity index (χ1n) is 8.69. The van der Waals surface area contributed by atoms with Gasteiger partial charge in [0.2, 0.25) is 5.91 Å². The number of pyridine rings is 1. The van der Waals surface area contributed by atoms with Crippen LogP contribution in [0.4, 0.5) is 5.13 Å². The number of nitrogens with zero attached hydrogens (tertiary/aromatic N) is 2. The number of amides is 1. The highest BCUT2D eigenvalue weighted by molar-refractivity contribution is 7.15. The number of fused-ring (bicyclic) bond motifs is 1. The van der Waals surface area contributed by atoms with Gasteiger partial charge < -0.3 is 5.32 Å². The van der Waals surface area contributed by atoms with E-state index >= 15 is 0 Å². The molecule has 1 N–H and O–H groups in total. The predicted octanol–water partition coefficient (Wildman–Crippen LogP) is 4.28. The summed E-state index contributed by atoms with van der Waals surface area (Å²) in [6.07, 6.45) is 0.515. The van der Waals surface area contributed by atoms with Crippen LogP contribution in [0.3, 0.4) is 0 Å². The maximum atomic E-state index is 13.0. The molecular formula is C20H23N3O2S. The Kier molecular flexibility index (Phi) is 4.96. The number of anilines is 1. The van der Waals surface area contributed by atoms with E-state index in [9.17, 15) is 9.59 Å². The second kappa shape index (κ2) is 7.03. The number of nitrogens with one attached hydrogen (secondary N) is 1. The van der Waals surface area contributed by atoms with Crippen molar-refractivity contribution in [3.63, 3.8) is 0 Å². The second-order valence-corrected chi connectivity index (χ2v) is 7.78. The van der Waals surface area contributed by atoms with Crippen LogP contribution in [0.5, 0.6) is 0 Å². The molecule has 0 saturated heterocycles. The highest BCUT2D eigenvalue weighted by Gasteiger charge is 2.24. The van der Waals surface area contributed by atoms with E-state index in [1.807, 2.05) is 52.8 Å². The first kappa shape index (κ1) is 18.3. The molecule has 6 heteroatoms. The quantitative estimate of drug-likeness (QED) is 0.746. The molecule has 3 aromatic rings. The molecule has 0 bridgehead atoms. The summed E-state index contributed by atoms with van der Waals surface area (Å²) < 4.78 is 1.63. The molecule has 1 unspecified atom stereocenters. The highest BCUT2D eigenvalue weighted by atomic mass is 32.1. The maximum Gasteiger partial charge on any atom is 0.252 e. The van der Waals surface area contributed by atoms with Crippen LogP contribution in [-0.4, -0.2) is 15.5 Å². The predicted molar refractivity (Wildman–Crippen MR) is 107 cm³/mol. The van der Waals surface area contributed by atoms with Gasteiger partial charge in [-0.15, -0.1) is 11.3 Å². The minimum atomic E-state index is -0.587. The maximum absolute atomic E-state index is 13.0. The number of hydrogen-bond acceptors (Lipinski definition) is 4. The van der Waals surface area contributed by atoms with Crippen LogP contribution in [0.1, 0.15) is 41.1 Å². The first-order chi connectivity index (χ1) is 12.3. The Bertz CT molecular complexity index is 1030. The summed E-state index contributed by atoms with van der Waals surface area (Å²) in [5, 5.41) is 4.46. The van der Waals surface area contributed by atoms with Gasteiger partial charge >= 0.3 is 0 Å². The molecule has 0 fully saturated rings. The molecule has 3 rings (SSSR count). The standard InChI is InChI=1S/C20H23N3O2S/c1-6-16(19(25)22-20-21-13(4)14(5)26-20)23-17(24)10-12(3)15-9-7-8-11(2)18(15)23/h7-10,16H,6H2,1-5H3,(H,21,22,25). The molecule has 0 spiro atoms. The largest absolute Gasteiger partial charge is 0.300 e. The molecule has 0 aliphatic rings. The Morgan fingerprint density at radius 2 is 1.96 bits per heavy atom. The third kappa shape index (κ3) is 3.17. The van der Waals surface area contributed by atoms with Crippen LogP contribution in [-0.2, 0) is 4.79 Å². The van der Waals surface area contributed by atoms with E-state index in [0.29, 0.717) is 11.6 Å². The summed E-state index contributed by atoms with van der Waals surface area (Å²) >= 11 is 1.45. The Labute approximate surface area is 156 Å². The minimum absolute atomic E-state index is 0.155. The highest BCUT2D eigenvalue weighted by Crippen LogP contribution is 2.26. The molecule has 136 valence electrons. The van der Waals surface area contributed by atoms with E-state index in [0.717, 1.165) is 32.6 Å². The number of para-hydroxylation sites is 1. The van der Waals surface area contributed by atoms with Gasteiger partial charge in [0.1, 0.15) is 6.04 Å². The smallest absolute Gasteiger partial charge is 0.252 e. The summed E-state index contributed by atoms with van der Waals surface area (Å²) in [6.45, 7) is 9.70. The Morgan fingerprint density at radius 3 is 2.58 bits per heavy atom. The van der Waals surface area contributed by atoms with E-state index < -0.39 is 6.04 Å². The number of rotatable bonds is 4. The van der Waals surface area contributed by atoms with Gasteiger partial charge in [-0.25, -0.2) is 4.98 Å². The fraction of sp³-hybridized carbons (Fsp3) is 0.350. The topological polar surface area (TPSA) is 64.0 Å². The third-order valence-electron chi connectivity index (χ3n) is 4.74. The van der Waals surface area contributed by atoms with Crippen LogP contribution in [0.25, 0.3) is 10.9 Å². The Hall–Kier alpha value is -2.47. The van der Waals surface area contributed by atoms with Crippen LogP contribution >= 0.6 is 11.3 Å². The number of hydrogen-bond donors (Lipinski definition) is 1. The SMILES string of the molecule is CCC(C(=O)Nc1nc(C)c(C)s1)n1c(=O)cc(C)c2cccc(C)c21. The fourth-order valence-corrected chi connectivity index (χ4v) is 4.07. The number of carbonyl (C=O) groups is 1. The van der Waals surface area contributed by atoms with Crippen LogP contribution in [0, 0.1) is 27.7 Å². The zero-order valence-electron chi connectivity index (χ0n) is 15.7. The minimum Gasteiger partial charge on any atom is -0.300 e. The van der Waals surface area contributed by atoms with Gasteiger partial charge in [-0.05, 0) is 45.2 Å². The molecule has 1 aromatic carbocycles. The van der Waals surface area contributed by atoms with Crippen molar-refractivity contribution in [3.05, 3.63) is 56.3 Å². The summed E-state index contributed by atoms with van der Waals surface area (Å²) in [5.74, 6) is -0.211. The average Bonchev–Trinajstić information content (AvgIpc) is 2.89. The monoisotopic (exact) mass is 369 g/mol. The van der Waals surface area contributed by atoms with Crippen molar-refractivity contribution in [2.75, 3.05) is 5.32 Å². The second-order valence-electron chi connectivity index (χ2n) is 6.58. The summed E-state index contributed by atoms with van der Waals surface area (Å²) in [4.78, 5) is 31.2. The van der Waals surface area contributed by atoms with Gasteiger partial charge in [0.05, 0.1) is 11.2 Å². The van der Waals surface area contributed by atoms with Crippen molar-refractivity contribution in [1.82, 2.24) is 9.55 Å². The van der Waals surface area contributed by atoms with E-state index in [2.05, 4.69) is 10.3 Å². The number of aryl methyl sites for hydroxylation is 4. The van der Waals surface area contributed by atoms with Gasteiger partial charge in [0.25, 0.3) is 5.56 Å². The summed E-state index contributed by atoms with van der Waals surface area (Å²) in [5.41, 5.74) is 3.48. The van der Waals surface area contributed by atoms with E-state index in [4.69, 9.17) is 0 Å². The van der Waals surface area contributed by atoms with Crippen molar-refractivity contribution in [1.29, 1.82) is 0 Å². The van der Waals surface area contributed by atoms with E-state index in [1.54, 1.807) is 10.6 Å². The molecule has 26 heavy (non-hydrogen) atoms. The molecule has 2 aromatic heterocycles. The molecule has 5 nitrogen and oxygen atoms in total. The molecule has 1 amide bonds. The normalized spacial score (nSPS) is 12.3. The Balaban J connectivity index is 2.11. The summed E-state index contributed by atoms with van der Waals surface area (Å²) in [7, 11) is 0. The lowest BCUT2D eigenvalue weighted by Crippen LogP contribution is -2.33. The fourth-order valence-electron chi connectivity index (χ4n) is 3.25. The molecule has 0 aliphatic heterocycles. The van der Waals surface area contributed by atoms with Gasteiger partial charge in [-0.1, -0.05) is 25.1 Å². The number of benzene rings is 1. The zero-order valence-corrected chi connectivity index (χ0v) is 16.5. The lowest BCUT2D eigenvalue weighted by molar-refractivity contribution is -0.119. The van der Waals surface area contributed by atoms with Gasteiger partial charge in [0.15, 0.2) is 5.13 Å². The number of thiazole rings is 1. The van der Waals surface area contributed by atoms with Crippen LogP contribution < -0.4 is 10.9 Å². The molecule has 2 heterocycles. The van der Waals surface area contributed by atoms with Crippen molar-refractivity contribution < 1.29 is 4.79 Å². The summed E-state index contributed by atoms with van der Waals surface area (Å²) in [6, 6.07) is 6.95. The van der Waals surface area contributed by atoms with Crippen LogP contribution in [0.2, 0.25) is 0 Å². The molecule has 0 aliphatic carbocycles. The number of carbonyl (C=O) groups excluding carboxylic acids is 1. The van der Waals surface area contributed by atoms with Crippen molar-refractivity contribution >= 4 is 33.3 Å². The third-order valence-corrected chi connectivity index (χ3v) is 5.73. The lowest BCUT2D eigenvalue weighted by Gasteiger charge is -2.21. The van der Waals surface area contributed by atoms with Crippen molar-refractivity contribution in [3.8, 4) is 0 Å². The first-order valence-corrected chi connectivity index (χ1v) is 9.51. The van der Waals surface area contributed by atoms with Crippen molar-refractivity contribution in [2.45, 2.75) is 47.1 Å². The Morgan fingerprint density at radius 1 is 1.23 bits per heavy atom. The molecule has 0 radical (unpaired) electrons. The zero-order chi connectivity index (χ0) is 19.0. The molecule has 1 atom stereocenters. The van der Waals surface area contributed by atoms with E-state index in [1.165, 1.54) is 11.3 Å². The van der Waals surface area contributed by atoms with Gasteiger partial charge in [-0.2, -0.15) is 0 Å². The number of aromatic nitrogens is 2. The van der Waals surface area contributed by atoms with Crippen LogP contribution in [0.15, 0.2) is 29.1 Å². The van der Waals surface area contributed by atoms with Gasteiger partial charge in [0, 0.05) is 16.3 Å². The van der Waals surface area contributed by atoms with E-state index in [-0.39, 0.29) is 11.5 Å². The lowest BCUT2D eigenvalue weighted by atomic mass is 10.0. The van der Waals surface area contributed by atoms with Gasteiger partial charge in [-0.3, -0.25) is 14.2 Å². The molecule has 0 saturated carbocycles.